The molecule has 0 amide bonds. The van der Waals surface area contributed by atoms with E-state index < -0.39 is 0 Å². The van der Waals surface area contributed by atoms with Crippen LogP contribution < -0.4 is 0 Å². The van der Waals surface area contributed by atoms with E-state index in [0.29, 0.717) is 5.92 Å². The third kappa shape index (κ3) is 4.40. The summed E-state index contributed by atoms with van der Waals surface area (Å²) in [5.41, 5.74) is 8.45. The van der Waals surface area contributed by atoms with Crippen molar-refractivity contribution in [1.29, 1.82) is 0 Å². The van der Waals surface area contributed by atoms with Gasteiger partial charge in [0, 0.05) is 8.48 Å². The van der Waals surface area contributed by atoms with Crippen LogP contribution in [0.15, 0.2) is 48.4 Å². The number of fused-ring (bicyclic) bond motifs is 1. The first-order valence-corrected chi connectivity index (χ1v) is 10.8. The molecular weight excluding hydrogens is 435 g/mol. The van der Waals surface area contributed by atoms with Crippen LogP contribution in [0.2, 0.25) is 0 Å². The fraction of sp³-hybridized carbons (Fsp3) is 0.304. The molecule has 1 aliphatic rings. The number of hydrogen-bond acceptors (Lipinski definition) is 1. The number of benzene rings is 2. The summed E-state index contributed by atoms with van der Waals surface area (Å²) in [5.74, 6) is 0.713. The maximum Gasteiger partial charge on any atom is 0.0162 e. The van der Waals surface area contributed by atoms with E-state index in [2.05, 4.69) is 91.8 Å². The molecule has 1 aliphatic carbocycles. The van der Waals surface area contributed by atoms with Crippen LogP contribution in [0.1, 0.15) is 52.6 Å². The number of halogens is 1. The fourth-order valence-corrected chi connectivity index (χ4v) is 4.68. The van der Waals surface area contributed by atoms with Gasteiger partial charge in [0.05, 0.1) is 0 Å². The molecule has 3 rings (SSSR count). The smallest absolute Gasteiger partial charge is 0.0162 e. The summed E-state index contributed by atoms with van der Waals surface area (Å²) < 4.78 is 1.34. The van der Waals surface area contributed by atoms with Gasteiger partial charge in [-0.3, -0.25) is 0 Å². The van der Waals surface area contributed by atoms with E-state index in [9.17, 15) is 0 Å². The van der Waals surface area contributed by atoms with Crippen LogP contribution in [0.4, 0.5) is 0 Å². The van der Waals surface area contributed by atoms with Crippen molar-refractivity contribution in [2.24, 2.45) is 0 Å². The zero-order chi connectivity index (χ0) is 18.0. The van der Waals surface area contributed by atoms with Gasteiger partial charge in [-0.1, -0.05) is 55.6 Å². The Labute approximate surface area is 170 Å². The van der Waals surface area contributed by atoms with Crippen molar-refractivity contribution in [3.05, 3.63) is 85.3 Å². The maximum atomic E-state index is 4.27. The number of aryl methyl sites for hydroxylation is 3. The lowest BCUT2D eigenvalue weighted by atomic mass is 10.0. The highest BCUT2D eigenvalue weighted by atomic mass is 127. The first kappa shape index (κ1) is 18.8. The van der Waals surface area contributed by atoms with Gasteiger partial charge in [0.1, 0.15) is 0 Å². The van der Waals surface area contributed by atoms with Gasteiger partial charge in [0.2, 0.25) is 0 Å². The molecule has 130 valence electrons. The minimum atomic E-state index is 0.713. The highest BCUT2D eigenvalue weighted by Crippen LogP contribution is 2.36. The zero-order valence-electron chi connectivity index (χ0n) is 15.2. The number of rotatable bonds is 5. The average Bonchev–Trinajstić information content (AvgIpc) is 2.96. The van der Waals surface area contributed by atoms with E-state index in [1.165, 1.54) is 49.8 Å². The van der Waals surface area contributed by atoms with E-state index >= 15 is 0 Å². The Balaban J connectivity index is 1.61. The van der Waals surface area contributed by atoms with Gasteiger partial charge in [-0.2, -0.15) is 0 Å². The number of thioether (sulfide) groups is 1. The standard InChI is InChI=1S/C23H25IS/c1-15-7-8-21-14-20(9-10-22(15)21)18(4)25-11-5-6-19-12-17(3)23(24)13-16(19)2/h5,9-15H,4,6-8H2,1-3H3/b11-5+. The molecule has 0 saturated carbocycles. The van der Waals surface area contributed by atoms with Crippen LogP contribution in [-0.4, -0.2) is 0 Å². The summed E-state index contributed by atoms with van der Waals surface area (Å²) in [6, 6.07) is 11.5. The Kier molecular flexibility index (Phi) is 6.11. The molecule has 0 aromatic heterocycles. The van der Waals surface area contributed by atoms with Gasteiger partial charge < -0.3 is 0 Å². The van der Waals surface area contributed by atoms with Gasteiger partial charge >= 0.3 is 0 Å². The lowest BCUT2D eigenvalue weighted by Gasteiger charge is -2.08. The first-order chi connectivity index (χ1) is 12.0. The third-order valence-electron chi connectivity index (χ3n) is 5.10. The van der Waals surface area contributed by atoms with Crippen molar-refractivity contribution in [2.45, 2.75) is 46.0 Å². The predicted molar refractivity (Wildman–Crippen MR) is 121 cm³/mol. The van der Waals surface area contributed by atoms with E-state index in [1.807, 2.05) is 0 Å². The Morgan fingerprint density at radius 3 is 2.84 bits per heavy atom. The molecule has 25 heavy (non-hydrogen) atoms. The topological polar surface area (TPSA) is 0 Å². The van der Waals surface area contributed by atoms with Crippen molar-refractivity contribution < 1.29 is 0 Å². The minimum Gasteiger partial charge on any atom is -0.0984 e. The highest BCUT2D eigenvalue weighted by Gasteiger charge is 2.18. The largest absolute Gasteiger partial charge is 0.0984 e. The van der Waals surface area contributed by atoms with E-state index in [1.54, 1.807) is 11.8 Å². The molecule has 2 aromatic carbocycles. The van der Waals surface area contributed by atoms with Crippen molar-refractivity contribution >= 4 is 39.3 Å². The van der Waals surface area contributed by atoms with Crippen molar-refractivity contribution in [1.82, 2.24) is 0 Å². The van der Waals surface area contributed by atoms with Crippen molar-refractivity contribution in [2.75, 3.05) is 0 Å². The van der Waals surface area contributed by atoms with Gasteiger partial charge in [-0.15, -0.1) is 0 Å². The number of allylic oxidation sites excluding steroid dienone is 1. The molecule has 0 fully saturated rings. The van der Waals surface area contributed by atoms with Crippen molar-refractivity contribution in [3.8, 4) is 0 Å². The molecule has 2 aromatic rings. The Hall–Kier alpha value is -1.00. The summed E-state index contributed by atoms with van der Waals surface area (Å²) in [6.07, 6.45) is 5.72. The molecule has 0 nitrogen and oxygen atoms in total. The summed E-state index contributed by atoms with van der Waals surface area (Å²) in [6.45, 7) is 11.0. The summed E-state index contributed by atoms with van der Waals surface area (Å²) in [5, 5.41) is 2.19. The Morgan fingerprint density at radius 1 is 1.24 bits per heavy atom. The Bertz CT molecular complexity index is 832. The highest BCUT2D eigenvalue weighted by molar-refractivity contribution is 14.1. The second-order valence-corrected chi connectivity index (χ2v) is 9.16. The second-order valence-electron chi connectivity index (χ2n) is 7.00. The normalized spacial score (nSPS) is 16.4. The Morgan fingerprint density at radius 2 is 2.04 bits per heavy atom. The van der Waals surface area contributed by atoms with Crippen LogP contribution in [0.5, 0.6) is 0 Å². The summed E-state index contributed by atoms with van der Waals surface area (Å²) in [4.78, 5) is 1.13. The van der Waals surface area contributed by atoms with E-state index in [4.69, 9.17) is 0 Å². The molecule has 0 N–H and O–H groups in total. The van der Waals surface area contributed by atoms with Gasteiger partial charge in [0.25, 0.3) is 0 Å². The van der Waals surface area contributed by atoms with Gasteiger partial charge in [-0.25, -0.2) is 0 Å². The summed E-state index contributed by atoms with van der Waals surface area (Å²) >= 11 is 4.14. The first-order valence-electron chi connectivity index (χ1n) is 8.85. The van der Waals surface area contributed by atoms with Crippen LogP contribution in [0, 0.1) is 17.4 Å². The SMILES string of the molecule is C=C(S/C=C/Cc1cc(C)c(I)cc1C)c1ccc2c(c1)CCC2C. The maximum absolute atomic E-state index is 4.27. The zero-order valence-corrected chi connectivity index (χ0v) is 18.2. The van der Waals surface area contributed by atoms with Gasteiger partial charge in [0.15, 0.2) is 0 Å². The molecule has 1 unspecified atom stereocenters. The molecule has 0 aliphatic heterocycles. The second kappa shape index (κ2) is 8.13. The molecule has 0 heterocycles. The number of hydrogen-bond donors (Lipinski definition) is 0. The molecule has 0 bridgehead atoms. The molecule has 2 heteroatoms. The lowest BCUT2D eigenvalue weighted by molar-refractivity contribution is 0.747. The lowest BCUT2D eigenvalue weighted by Crippen LogP contribution is -1.91. The molecule has 0 saturated heterocycles. The van der Waals surface area contributed by atoms with Crippen LogP contribution >= 0.6 is 34.4 Å². The monoisotopic (exact) mass is 460 g/mol. The van der Waals surface area contributed by atoms with Gasteiger partial charge in [-0.05, 0) is 106 Å². The summed E-state index contributed by atoms with van der Waals surface area (Å²) in [7, 11) is 0. The fourth-order valence-electron chi connectivity index (χ4n) is 3.44. The predicted octanol–water partition coefficient (Wildman–Crippen LogP) is 7.42. The van der Waals surface area contributed by atoms with Crippen LogP contribution in [-0.2, 0) is 12.8 Å². The average molecular weight is 460 g/mol. The molecular formula is C23H25IS. The molecule has 0 radical (unpaired) electrons. The quantitative estimate of drug-likeness (QED) is 0.419. The van der Waals surface area contributed by atoms with Crippen molar-refractivity contribution in [3.63, 3.8) is 0 Å². The molecule has 1 atom stereocenters. The van der Waals surface area contributed by atoms with Crippen LogP contribution in [0.3, 0.4) is 0 Å². The third-order valence-corrected chi connectivity index (χ3v) is 7.11. The van der Waals surface area contributed by atoms with E-state index in [-0.39, 0.29) is 0 Å². The van der Waals surface area contributed by atoms with E-state index in [0.717, 1.165) is 11.3 Å². The molecule has 0 spiro atoms. The van der Waals surface area contributed by atoms with Crippen LogP contribution in [0.25, 0.3) is 4.91 Å². The minimum absolute atomic E-state index is 0.713.